The Morgan fingerprint density at radius 1 is 1.21 bits per heavy atom. The summed E-state index contributed by atoms with van der Waals surface area (Å²) in [6.07, 6.45) is 5.75. The molecule has 1 N–H and O–H groups in total. The zero-order valence-corrected chi connectivity index (χ0v) is 18.4. The van der Waals surface area contributed by atoms with Crippen LogP contribution in [0.25, 0.3) is 5.82 Å². The van der Waals surface area contributed by atoms with Gasteiger partial charge in [0.25, 0.3) is 5.91 Å². The highest BCUT2D eigenvalue weighted by Crippen LogP contribution is 2.26. The van der Waals surface area contributed by atoms with Crippen molar-refractivity contribution in [2.45, 2.75) is 38.8 Å². The van der Waals surface area contributed by atoms with Crippen LogP contribution in [0.15, 0.2) is 36.8 Å². The number of hydrogen-bond donors (Lipinski definition) is 1. The second-order valence-electron chi connectivity index (χ2n) is 8.45. The molecular weight excluding hydrogens is 422 g/mol. The number of fused-ring (bicyclic) bond motifs is 1. The largest absolute Gasteiger partial charge is 0.457 e. The molecule has 33 heavy (non-hydrogen) atoms. The van der Waals surface area contributed by atoms with Crippen molar-refractivity contribution in [3.63, 3.8) is 0 Å². The van der Waals surface area contributed by atoms with Crippen LogP contribution in [0.5, 0.6) is 0 Å². The topological polar surface area (TPSA) is 115 Å². The predicted molar refractivity (Wildman–Crippen MR) is 118 cm³/mol. The molecule has 0 spiro atoms. The number of nitrogens with zero attached hydrogens (tertiary/aromatic N) is 6. The second kappa shape index (κ2) is 9.07. The van der Waals surface area contributed by atoms with Crippen LogP contribution in [0.1, 0.15) is 50.2 Å². The lowest BCUT2D eigenvalue weighted by Gasteiger charge is -2.32. The van der Waals surface area contributed by atoms with Gasteiger partial charge in [-0.2, -0.15) is 4.68 Å². The van der Waals surface area contributed by atoms with Crippen molar-refractivity contribution < 1.29 is 14.3 Å². The number of hydrogen-bond acceptors (Lipinski definition) is 8. The fourth-order valence-electron chi connectivity index (χ4n) is 4.44. The summed E-state index contributed by atoms with van der Waals surface area (Å²) in [5, 5.41) is 14.1. The van der Waals surface area contributed by atoms with E-state index < -0.39 is 0 Å². The molecular formula is C23H25N7O3. The smallest absolute Gasteiger partial charge is 0.338 e. The summed E-state index contributed by atoms with van der Waals surface area (Å²) in [4.78, 5) is 31.0. The summed E-state index contributed by atoms with van der Waals surface area (Å²) in [7, 11) is 0. The summed E-state index contributed by atoms with van der Waals surface area (Å²) in [5.74, 6) is 0.223. The SMILES string of the molecule is Cc1c(CCN2CCC(NC(=O)c3ccc(-n4cnnn4)nc3)CC2)ccc2c1COC2=O. The van der Waals surface area contributed by atoms with Crippen LogP contribution in [0, 0.1) is 6.92 Å². The molecule has 10 heteroatoms. The molecule has 1 amide bonds. The Morgan fingerprint density at radius 2 is 2.06 bits per heavy atom. The Hall–Kier alpha value is -3.66. The van der Waals surface area contributed by atoms with Crippen molar-refractivity contribution >= 4 is 11.9 Å². The minimum Gasteiger partial charge on any atom is -0.457 e. The summed E-state index contributed by atoms with van der Waals surface area (Å²) in [5.41, 5.74) is 4.68. The minimum atomic E-state index is -0.219. The van der Waals surface area contributed by atoms with Gasteiger partial charge in [0.1, 0.15) is 12.9 Å². The van der Waals surface area contributed by atoms with Gasteiger partial charge in [-0.15, -0.1) is 5.10 Å². The van der Waals surface area contributed by atoms with Gasteiger partial charge in [0, 0.05) is 37.4 Å². The molecule has 0 aliphatic carbocycles. The molecule has 2 aliphatic rings. The van der Waals surface area contributed by atoms with Crippen LogP contribution in [0.3, 0.4) is 0 Å². The van der Waals surface area contributed by atoms with E-state index in [4.69, 9.17) is 4.74 Å². The van der Waals surface area contributed by atoms with Crippen LogP contribution in [-0.4, -0.2) is 67.6 Å². The third-order valence-electron chi connectivity index (χ3n) is 6.49. The highest BCUT2D eigenvalue weighted by atomic mass is 16.5. The maximum Gasteiger partial charge on any atom is 0.338 e. The van der Waals surface area contributed by atoms with E-state index in [1.54, 1.807) is 18.3 Å². The molecule has 1 aromatic carbocycles. The Bertz CT molecular complexity index is 1150. The first-order valence-corrected chi connectivity index (χ1v) is 11.1. The number of aromatic nitrogens is 5. The molecule has 0 bridgehead atoms. The fraction of sp³-hybridized carbons (Fsp3) is 0.391. The van der Waals surface area contributed by atoms with E-state index in [2.05, 4.69) is 37.6 Å². The van der Waals surface area contributed by atoms with E-state index in [1.165, 1.54) is 22.1 Å². The number of likely N-dealkylation sites (tertiary alicyclic amines) is 1. The zero-order valence-electron chi connectivity index (χ0n) is 18.4. The number of carbonyl (C=O) groups is 2. The molecule has 5 rings (SSSR count). The molecule has 0 radical (unpaired) electrons. The quantitative estimate of drug-likeness (QED) is 0.565. The van der Waals surface area contributed by atoms with Gasteiger partial charge in [-0.05, 0) is 65.9 Å². The standard InChI is InChI=1S/C23H25N7O3/c1-15-16(2-4-19-20(15)13-33-23(19)32)6-9-29-10-7-18(8-11-29)26-22(31)17-3-5-21(24-12-17)30-14-25-27-28-30/h2-5,12,14,18H,6-11,13H2,1H3,(H,26,31). The monoisotopic (exact) mass is 447 g/mol. The van der Waals surface area contributed by atoms with Gasteiger partial charge in [-0.1, -0.05) is 6.07 Å². The molecule has 0 atom stereocenters. The Labute approximate surface area is 190 Å². The van der Waals surface area contributed by atoms with Crippen LogP contribution in [-0.2, 0) is 17.8 Å². The molecule has 1 fully saturated rings. The van der Waals surface area contributed by atoms with Gasteiger partial charge in [-0.3, -0.25) is 4.79 Å². The van der Waals surface area contributed by atoms with Gasteiger partial charge >= 0.3 is 5.97 Å². The average molecular weight is 447 g/mol. The summed E-state index contributed by atoms with van der Waals surface area (Å²) < 4.78 is 6.59. The van der Waals surface area contributed by atoms with Gasteiger partial charge in [-0.25, -0.2) is 9.78 Å². The first kappa shape index (κ1) is 21.2. The van der Waals surface area contributed by atoms with Gasteiger partial charge < -0.3 is 15.0 Å². The molecule has 2 aromatic heterocycles. The number of pyridine rings is 1. The first-order valence-electron chi connectivity index (χ1n) is 11.1. The number of ether oxygens (including phenoxy) is 1. The highest BCUT2D eigenvalue weighted by molar-refractivity contribution is 5.94. The third-order valence-corrected chi connectivity index (χ3v) is 6.49. The van der Waals surface area contributed by atoms with Gasteiger partial charge in [0.15, 0.2) is 5.82 Å². The minimum absolute atomic E-state index is 0.116. The van der Waals surface area contributed by atoms with E-state index in [1.807, 2.05) is 12.1 Å². The number of piperidine rings is 1. The lowest BCUT2D eigenvalue weighted by Crippen LogP contribution is -2.45. The van der Waals surface area contributed by atoms with Gasteiger partial charge in [0.2, 0.25) is 0 Å². The van der Waals surface area contributed by atoms with E-state index in [0.29, 0.717) is 23.6 Å². The molecule has 170 valence electrons. The number of cyclic esters (lactones) is 1. The van der Waals surface area contributed by atoms with E-state index in [0.717, 1.165) is 44.5 Å². The van der Waals surface area contributed by atoms with E-state index >= 15 is 0 Å². The van der Waals surface area contributed by atoms with Crippen molar-refractivity contribution in [3.05, 3.63) is 64.6 Å². The van der Waals surface area contributed by atoms with Crippen LogP contribution < -0.4 is 5.32 Å². The Kier molecular flexibility index (Phi) is 5.82. The molecule has 2 aliphatic heterocycles. The second-order valence-corrected chi connectivity index (χ2v) is 8.45. The number of tetrazole rings is 1. The van der Waals surface area contributed by atoms with Crippen molar-refractivity contribution in [2.75, 3.05) is 19.6 Å². The number of nitrogens with one attached hydrogen (secondary N) is 1. The molecule has 4 heterocycles. The zero-order chi connectivity index (χ0) is 22.8. The highest BCUT2D eigenvalue weighted by Gasteiger charge is 2.25. The third kappa shape index (κ3) is 4.47. The first-order chi connectivity index (χ1) is 16.1. The lowest BCUT2D eigenvalue weighted by molar-refractivity contribution is 0.0534. The van der Waals surface area contributed by atoms with Crippen LogP contribution in [0.2, 0.25) is 0 Å². The average Bonchev–Trinajstić information content (AvgIpc) is 3.51. The molecule has 0 unspecified atom stereocenters. The number of carbonyl (C=O) groups excluding carboxylic acids is 2. The maximum absolute atomic E-state index is 12.6. The normalized spacial score (nSPS) is 16.5. The fourth-order valence-corrected chi connectivity index (χ4v) is 4.44. The number of benzene rings is 1. The van der Waals surface area contributed by atoms with E-state index in [9.17, 15) is 9.59 Å². The van der Waals surface area contributed by atoms with Crippen molar-refractivity contribution in [2.24, 2.45) is 0 Å². The Balaban J connectivity index is 1.10. The number of esters is 1. The van der Waals surface area contributed by atoms with Crippen LogP contribution in [0.4, 0.5) is 0 Å². The molecule has 3 aromatic rings. The maximum atomic E-state index is 12.6. The van der Waals surface area contributed by atoms with E-state index in [-0.39, 0.29) is 17.9 Å². The van der Waals surface area contributed by atoms with Gasteiger partial charge in [0.05, 0.1) is 11.1 Å². The summed E-state index contributed by atoms with van der Waals surface area (Å²) in [6.45, 7) is 5.29. The number of rotatable bonds is 6. The Morgan fingerprint density at radius 3 is 2.79 bits per heavy atom. The molecule has 0 saturated carbocycles. The summed E-state index contributed by atoms with van der Waals surface area (Å²) >= 11 is 0. The van der Waals surface area contributed by atoms with Crippen molar-refractivity contribution in [3.8, 4) is 5.82 Å². The van der Waals surface area contributed by atoms with Crippen molar-refractivity contribution in [1.82, 2.24) is 35.4 Å². The number of amides is 1. The lowest BCUT2D eigenvalue weighted by atomic mass is 9.96. The van der Waals surface area contributed by atoms with Crippen LogP contribution >= 0.6 is 0 Å². The van der Waals surface area contributed by atoms with Crippen molar-refractivity contribution in [1.29, 1.82) is 0 Å². The molecule has 1 saturated heterocycles. The predicted octanol–water partition coefficient (Wildman–Crippen LogP) is 1.47. The summed E-state index contributed by atoms with van der Waals surface area (Å²) in [6, 6.07) is 7.53. The molecule has 10 nitrogen and oxygen atoms in total.